The Bertz CT molecular complexity index is 1890. The summed E-state index contributed by atoms with van der Waals surface area (Å²) in [6.07, 6.45) is 4.75. The highest BCUT2D eigenvalue weighted by Gasteiger charge is 2.16. The number of nitrogens with zero attached hydrogens (tertiary/aromatic N) is 5. The highest BCUT2D eigenvalue weighted by molar-refractivity contribution is 7.15. The maximum atomic E-state index is 13.3. The molecular weight excluding hydrogens is 530 g/mol. The van der Waals surface area contributed by atoms with E-state index in [0.717, 1.165) is 45.8 Å². The molecule has 0 saturated heterocycles. The lowest BCUT2D eigenvalue weighted by Crippen LogP contribution is -2.23. The molecule has 3 aromatic heterocycles. The van der Waals surface area contributed by atoms with Gasteiger partial charge in [0.05, 0.1) is 16.8 Å². The third-order valence-corrected chi connectivity index (χ3v) is 7.46. The standard InChI is InChI=1S/C30H24ClN5O2S/c1-3-15-38-25-14-11-21(16-19(25)2)27-22(18-35(33-27)24-7-5-4-6-8-24)17-26-29(37)36-30(39-26)32-28(34-36)20-9-12-23(31)13-10-20/h4-14,16-18H,3,15H2,1-2H3. The quantitative estimate of drug-likeness (QED) is 0.243. The number of aromatic nitrogens is 5. The second-order valence-electron chi connectivity index (χ2n) is 9.09. The minimum Gasteiger partial charge on any atom is -0.493 e. The van der Waals surface area contributed by atoms with E-state index in [1.54, 1.807) is 12.1 Å². The average Bonchev–Trinajstić information content (AvgIpc) is 3.64. The molecule has 9 heteroatoms. The summed E-state index contributed by atoms with van der Waals surface area (Å²) in [4.78, 5) is 18.4. The Morgan fingerprint density at radius 3 is 2.49 bits per heavy atom. The number of thiazole rings is 1. The molecular formula is C30H24ClN5O2S. The van der Waals surface area contributed by atoms with Crippen molar-refractivity contribution in [2.24, 2.45) is 0 Å². The van der Waals surface area contributed by atoms with E-state index in [2.05, 4.69) is 23.1 Å². The van der Waals surface area contributed by atoms with E-state index in [9.17, 15) is 4.79 Å². The van der Waals surface area contributed by atoms with Gasteiger partial charge in [-0.05, 0) is 79.6 Å². The van der Waals surface area contributed by atoms with Gasteiger partial charge in [-0.1, -0.05) is 48.1 Å². The van der Waals surface area contributed by atoms with Crippen molar-refractivity contribution in [3.8, 4) is 34.1 Å². The molecule has 0 atom stereocenters. The lowest BCUT2D eigenvalue weighted by atomic mass is 10.0. The molecule has 3 heterocycles. The van der Waals surface area contributed by atoms with Gasteiger partial charge in [0.2, 0.25) is 4.96 Å². The van der Waals surface area contributed by atoms with E-state index in [4.69, 9.17) is 21.4 Å². The molecule has 0 radical (unpaired) electrons. The maximum Gasteiger partial charge on any atom is 0.291 e. The summed E-state index contributed by atoms with van der Waals surface area (Å²) in [6, 6.07) is 23.2. The van der Waals surface area contributed by atoms with Crippen LogP contribution in [0, 0.1) is 6.92 Å². The Morgan fingerprint density at radius 2 is 1.77 bits per heavy atom. The monoisotopic (exact) mass is 553 g/mol. The van der Waals surface area contributed by atoms with Crippen molar-refractivity contribution in [3.63, 3.8) is 0 Å². The molecule has 0 unspecified atom stereocenters. The lowest BCUT2D eigenvalue weighted by Gasteiger charge is -2.09. The number of hydrogen-bond donors (Lipinski definition) is 0. The molecule has 0 amide bonds. The number of hydrogen-bond acceptors (Lipinski definition) is 6. The number of aryl methyl sites for hydroxylation is 1. The van der Waals surface area contributed by atoms with E-state index in [1.165, 1.54) is 15.9 Å². The fourth-order valence-corrected chi connectivity index (χ4v) is 5.32. The lowest BCUT2D eigenvalue weighted by molar-refractivity contribution is 0.315. The molecule has 0 aliphatic rings. The van der Waals surface area contributed by atoms with Gasteiger partial charge in [0.1, 0.15) is 11.4 Å². The van der Waals surface area contributed by atoms with Crippen LogP contribution in [0.25, 0.3) is 39.4 Å². The van der Waals surface area contributed by atoms with Gasteiger partial charge < -0.3 is 4.74 Å². The summed E-state index contributed by atoms with van der Waals surface area (Å²) >= 11 is 7.30. The fraction of sp³-hybridized carbons (Fsp3) is 0.133. The number of rotatable bonds is 7. The van der Waals surface area contributed by atoms with Crippen LogP contribution in [0.4, 0.5) is 0 Å². The number of ether oxygens (including phenoxy) is 1. The van der Waals surface area contributed by atoms with Crippen molar-refractivity contribution in [3.05, 3.63) is 110 Å². The van der Waals surface area contributed by atoms with Crippen molar-refractivity contribution in [2.45, 2.75) is 20.3 Å². The van der Waals surface area contributed by atoms with Crippen LogP contribution in [0.2, 0.25) is 5.02 Å². The van der Waals surface area contributed by atoms with Gasteiger partial charge in [0.15, 0.2) is 5.82 Å². The van der Waals surface area contributed by atoms with Crippen molar-refractivity contribution < 1.29 is 4.74 Å². The molecule has 0 aliphatic heterocycles. The SMILES string of the molecule is CCCOc1ccc(-c2nn(-c3ccccc3)cc2C=c2sc3nc(-c4ccc(Cl)cc4)nn3c2=O)cc1C. The predicted octanol–water partition coefficient (Wildman–Crippen LogP) is 5.97. The first-order valence-electron chi connectivity index (χ1n) is 12.6. The zero-order valence-electron chi connectivity index (χ0n) is 21.3. The van der Waals surface area contributed by atoms with Crippen molar-refractivity contribution in [1.29, 1.82) is 0 Å². The highest BCUT2D eigenvalue weighted by Crippen LogP contribution is 2.29. The normalized spacial score (nSPS) is 11.9. The third-order valence-electron chi connectivity index (χ3n) is 6.24. The molecule has 6 rings (SSSR count). The Kier molecular flexibility index (Phi) is 6.72. The largest absolute Gasteiger partial charge is 0.493 e. The Morgan fingerprint density at radius 1 is 1.00 bits per heavy atom. The number of benzene rings is 3. The Labute approximate surface area is 233 Å². The second kappa shape index (κ2) is 10.5. The summed E-state index contributed by atoms with van der Waals surface area (Å²) < 4.78 is 9.58. The molecule has 0 N–H and O–H groups in total. The van der Waals surface area contributed by atoms with Crippen LogP contribution in [-0.2, 0) is 0 Å². The third kappa shape index (κ3) is 4.96. The molecule has 7 nitrogen and oxygen atoms in total. The van der Waals surface area contributed by atoms with Gasteiger partial charge in [-0.3, -0.25) is 4.79 Å². The van der Waals surface area contributed by atoms with Crippen LogP contribution in [0.15, 0.2) is 83.8 Å². The zero-order valence-corrected chi connectivity index (χ0v) is 22.9. The first-order valence-corrected chi connectivity index (χ1v) is 13.8. The topological polar surface area (TPSA) is 74.3 Å². The molecule has 0 spiro atoms. The van der Waals surface area contributed by atoms with Crippen molar-refractivity contribution in [1.82, 2.24) is 24.4 Å². The summed E-state index contributed by atoms with van der Waals surface area (Å²) in [5.41, 5.74) is 5.06. The van der Waals surface area contributed by atoms with Gasteiger partial charge in [-0.15, -0.1) is 5.10 Å². The maximum absolute atomic E-state index is 13.3. The smallest absolute Gasteiger partial charge is 0.291 e. The van der Waals surface area contributed by atoms with Crippen LogP contribution in [-0.4, -0.2) is 31.0 Å². The van der Waals surface area contributed by atoms with E-state index < -0.39 is 0 Å². The number of para-hydroxylation sites is 1. The summed E-state index contributed by atoms with van der Waals surface area (Å²) in [5.74, 6) is 1.34. The van der Waals surface area contributed by atoms with Gasteiger partial charge in [-0.25, -0.2) is 4.68 Å². The zero-order chi connectivity index (χ0) is 26.9. The van der Waals surface area contributed by atoms with E-state index in [-0.39, 0.29) is 5.56 Å². The van der Waals surface area contributed by atoms with Crippen LogP contribution in [0.1, 0.15) is 24.5 Å². The molecule has 194 valence electrons. The number of fused-ring (bicyclic) bond motifs is 1. The molecule has 3 aromatic carbocycles. The van der Waals surface area contributed by atoms with Gasteiger partial charge >= 0.3 is 0 Å². The molecule has 0 saturated carbocycles. The molecule has 0 bridgehead atoms. The van der Waals surface area contributed by atoms with Crippen LogP contribution in [0.3, 0.4) is 0 Å². The summed E-state index contributed by atoms with van der Waals surface area (Å²) in [7, 11) is 0. The van der Waals surface area contributed by atoms with Crippen LogP contribution in [0.5, 0.6) is 5.75 Å². The first-order chi connectivity index (χ1) is 19.0. The molecule has 39 heavy (non-hydrogen) atoms. The number of halogens is 1. The van der Waals surface area contributed by atoms with Crippen molar-refractivity contribution in [2.75, 3.05) is 6.61 Å². The van der Waals surface area contributed by atoms with E-state index in [0.29, 0.717) is 26.9 Å². The van der Waals surface area contributed by atoms with E-state index >= 15 is 0 Å². The van der Waals surface area contributed by atoms with E-state index in [1.807, 2.05) is 78.5 Å². The van der Waals surface area contributed by atoms with Gasteiger partial charge in [-0.2, -0.15) is 14.6 Å². The minimum atomic E-state index is -0.222. The average molecular weight is 554 g/mol. The van der Waals surface area contributed by atoms with Gasteiger partial charge in [0.25, 0.3) is 5.56 Å². The second-order valence-corrected chi connectivity index (χ2v) is 10.5. The van der Waals surface area contributed by atoms with Crippen molar-refractivity contribution >= 4 is 34.0 Å². The van der Waals surface area contributed by atoms with Crippen LogP contribution < -0.4 is 14.8 Å². The minimum absolute atomic E-state index is 0.222. The van der Waals surface area contributed by atoms with Crippen LogP contribution >= 0.6 is 22.9 Å². The summed E-state index contributed by atoms with van der Waals surface area (Å²) in [5, 5.41) is 10.0. The fourth-order valence-electron chi connectivity index (χ4n) is 4.30. The Balaban J connectivity index is 1.45. The van der Waals surface area contributed by atoms with Gasteiger partial charge in [0, 0.05) is 27.9 Å². The first kappa shape index (κ1) is 25.0. The molecule has 0 aliphatic carbocycles. The Hall–Kier alpha value is -4.27. The summed E-state index contributed by atoms with van der Waals surface area (Å²) in [6.45, 7) is 4.78. The predicted molar refractivity (Wildman–Crippen MR) is 156 cm³/mol. The highest BCUT2D eigenvalue weighted by atomic mass is 35.5. The molecule has 0 fully saturated rings. The molecule has 6 aromatic rings.